The summed E-state index contributed by atoms with van der Waals surface area (Å²) < 4.78 is 17.2. The highest BCUT2D eigenvalue weighted by Crippen LogP contribution is 2.41. The zero-order valence-corrected chi connectivity index (χ0v) is 20.4. The molecule has 0 aliphatic carbocycles. The van der Waals surface area contributed by atoms with E-state index in [1.54, 1.807) is 29.2 Å². The van der Waals surface area contributed by atoms with Gasteiger partial charge in [0.15, 0.2) is 16.9 Å². The molecule has 1 amide bonds. The molecule has 0 unspecified atom stereocenters. The SMILES string of the molecule is CCOc1cc([C@@H]2c3c(oc4cc(C)c(Cl)cc4c3=O)C(=O)N2CCCOC(C)C)ccc1O. The minimum Gasteiger partial charge on any atom is -0.504 e. The van der Waals surface area contributed by atoms with Gasteiger partial charge in [-0.2, -0.15) is 0 Å². The van der Waals surface area contributed by atoms with Crippen LogP contribution in [0.4, 0.5) is 0 Å². The van der Waals surface area contributed by atoms with Crippen LogP contribution < -0.4 is 10.2 Å². The summed E-state index contributed by atoms with van der Waals surface area (Å²) in [5, 5.41) is 11.0. The molecule has 1 aliphatic rings. The van der Waals surface area contributed by atoms with Crippen LogP contribution in [0.5, 0.6) is 11.5 Å². The van der Waals surface area contributed by atoms with E-state index in [4.69, 9.17) is 25.5 Å². The van der Waals surface area contributed by atoms with Gasteiger partial charge >= 0.3 is 0 Å². The monoisotopic (exact) mass is 485 g/mol. The number of hydrogen-bond donors (Lipinski definition) is 1. The average Bonchev–Trinajstić information content (AvgIpc) is 3.06. The van der Waals surface area contributed by atoms with Crippen molar-refractivity contribution in [2.24, 2.45) is 0 Å². The van der Waals surface area contributed by atoms with E-state index in [0.29, 0.717) is 47.7 Å². The summed E-state index contributed by atoms with van der Waals surface area (Å²) in [5.41, 5.74) is 1.67. The lowest BCUT2D eigenvalue weighted by Gasteiger charge is -2.25. The van der Waals surface area contributed by atoms with Gasteiger partial charge in [0.05, 0.1) is 29.7 Å². The zero-order valence-electron chi connectivity index (χ0n) is 19.7. The molecule has 2 heterocycles. The van der Waals surface area contributed by atoms with E-state index in [-0.39, 0.29) is 40.3 Å². The number of amides is 1. The van der Waals surface area contributed by atoms with E-state index in [2.05, 4.69) is 0 Å². The standard InChI is InChI=1S/C26H28ClNO6/c1-5-32-21-12-16(7-8-19(21)29)23-22-24(30)17-13-18(27)15(4)11-20(17)34-25(22)26(31)28(23)9-6-10-33-14(2)3/h7-8,11-14,23,29H,5-6,9-10H2,1-4H3/t23-/m1/s1. The molecule has 0 spiro atoms. The highest BCUT2D eigenvalue weighted by Gasteiger charge is 2.42. The van der Waals surface area contributed by atoms with Gasteiger partial charge < -0.3 is 23.9 Å². The van der Waals surface area contributed by atoms with Gasteiger partial charge in [-0.25, -0.2) is 0 Å². The minimum absolute atomic E-state index is 0.0140. The molecule has 34 heavy (non-hydrogen) atoms. The van der Waals surface area contributed by atoms with Crippen LogP contribution in [0.3, 0.4) is 0 Å². The summed E-state index contributed by atoms with van der Waals surface area (Å²) in [6, 6.07) is 7.42. The van der Waals surface area contributed by atoms with E-state index in [9.17, 15) is 14.7 Å². The van der Waals surface area contributed by atoms with Crippen molar-refractivity contribution in [1.82, 2.24) is 4.90 Å². The number of aromatic hydroxyl groups is 1. The third-order valence-corrected chi connectivity index (χ3v) is 6.25. The van der Waals surface area contributed by atoms with Gasteiger partial charge in [0.25, 0.3) is 5.91 Å². The van der Waals surface area contributed by atoms with Crippen molar-refractivity contribution in [3.8, 4) is 11.5 Å². The van der Waals surface area contributed by atoms with Crippen LogP contribution in [0.15, 0.2) is 39.5 Å². The largest absolute Gasteiger partial charge is 0.504 e. The summed E-state index contributed by atoms with van der Waals surface area (Å²) >= 11 is 6.29. The first-order valence-corrected chi connectivity index (χ1v) is 11.8. The Hall–Kier alpha value is -3.03. The molecule has 1 atom stereocenters. The number of nitrogens with zero attached hydrogens (tertiary/aromatic N) is 1. The number of phenols is 1. The van der Waals surface area contributed by atoms with Crippen molar-refractivity contribution in [2.75, 3.05) is 19.8 Å². The maximum Gasteiger partial charge on any atom is 0.290 e. The Morgan fingerprint density at radius 2 is 1.97 bits per heavy atom. The van der Waals surface area contributed by atoms with Crippen LogP contribution in [0.1, 0.15) is 60.5 Å². The van der Waals surface area contributed by atoms with Gasteiger partial charge in [0.1, 0.15) is 5.58 Å². The first kappa shape index (κ1) is 24.1. The number of phenolic OH excluding ortho intramolecular Hbond substituents is 1. The molecule has 0 saturated heterocycles. The van der Waals surface area contributed by atoms with Crippen LogP contribution in [0.2, 0.25) is 5.02 Å². The summed E-state index contributed by atoms with van der Waals surface area (Å²) in [7, 11) is 0. The second kappa shape index (κ2) is 9.68. The quantitative estimate of drug-likeness (QED) is 0.440. The molecule has 0 fully saturated rings. The summed E-state index contributed by atoms with van der Waals surface area (Å²) in [4.78, 5) is 28.8. The maximum atomic E-state index is 13.7. The Morgan fingerprint density at radius 1 is 1.21 bits per heavy atom. The van der Waals surface area contributed by atoms with E-state index in [1.807, 2.05) is 27.7 Å². The second-order valence-electron chi connectivity index (χ2n) is 8.61. The number of hydrogen-bond acceptors (Lipinski definition) is 6. The Bertz CT molecular complexity index is 1300. The fourth-order valence-corrected chi connectivity index (χ4v) is 4.41. The van der Waals surface area contributed by atoms with Crippen molar-refractivity contribution < 1.29 is 23.8 Å². The molecule has 4 rings (SSSR count). The fraction of sp³-hybridized carbons (Fsp3) is 0.385. The molecule has 3 aromatic rings. The average molecular weight is 486 g/mol. The summed E-state index contributed by atoms with van der Waals surface area (Å²) in [5.74, 6) is -0.0603. The molecule has 0 bridgehead atoms. The molecule has 8 heteroatoms. The second-order valence-corrected chi connectivity index (χ2v) is 9.01. The summed E-state index contributed by atoms with van der Waals surface area (Å²) in [6.45, 7) is 8.72. The molecule has 1 aromatic heterocycles. The number of fused-ring (bicyclic) bond motifs is 2. The zero-order chi connectivity index (χ0) is 24.6. The van der Waals surface area contributed by atoms with E-state index in [1.165, 1.54) is 6.07 Å². The molecule has 0 radical (unpaired) electrons. The van der Waals surface area contributed by atoms with Crippen LogP contribution >= 0.6 is 11.6 Å². The number of carbonyl (C=O) groups is 1. The molecule has 2 aromatic carbocycles. The topological polar surface area (TPSA) is 89.2 Å². The lowest BCUT2D eigenvalue weighted by molar-refractivity contribution is 0.0593. The molecular weight excluding hydrogens is 458 g/mol. The minimum atomic E-state index is -0.693. The van der Waals surface area contributed by atoms with Crippen molar-refractivity contribution in [3.05, 3.63) is 68.0 Å². The fourth-order valence-electron chi connectivity index (χ4n) is 4.24. The Morgan fingerprint density at radius 3 is 2.68 bits per heavy atom. The predicted octanol–water partition coefficient (Wildman–Crippen LogP) is 5.22. The highest BCUT2D eigenvalue weighted by atomic mass is 35.5. The Kier molecular flexibility index (Phi) is 6.86. The molecule has 1 aliphatic heterocycles. The Labute approximate surface area is 202 Å². The number of aryl methyl sites for hydroxylation is 1. The van der Waals surface area contributed by atoms with Crippen LogP contribution in [-0.4, -0.2) is 41.8 Å². The van der Waals surface area contributed by atoms with E-state index < -0.39 is 6.04 Å². The molecule has 0 saturated carbocycles. The molecule has 1 N–H and O–H groups in total. The smallest absolute Gasteiger partial charge is 0.290 e. The van der Waals surface area contributed by atoms with Gasteiger partial charge in [0, 0.05) is 18.2 Å². The van der Waals surface area contributed by atoms with E-state index in [0.717, 1.165) is 5.56 Å². The molecule has 7 nitrogen and oxygen atoms in total. The molecular formula is C26H28ClNO6. The Balaban J connectivity index is 1.86. The third-order valence-electron chi connectivity index (χ3n) is 5.84. The number of carbonyl (C=O) groups excluding carboxylic acids is 1. The van der Waals surface area contributed by atoms with Crippen molar-refractivity contribution in [3.63, 3.8) is 0 Å². The van der Waals surface area contributed by atoms with Crippen LogP contribution in [0, 0.1) is 6.92 Å². The normalized spacial score (nSPS) is 15.4. The van der Waals surface area contributed by atoms with Gasteiger partial charge in [-0.15, -0.1) is 0 Å². The first-order valence-electron chi connectivity index (χ1n) is 11.4. The van der Waals surface area contributed by atoms with Crippen molar-refractivity contribution in [2.45, 2.75) is 46.3 Å². The molecule has 180 valence electrons. The summed E-state index contributed by atoms with van der Waals surface area (Å²) in [6.07, 6.45) is 0.665. The van der Waals surface area contributed by atoms with E-state index >= 15 is 0 Å². The first-order chi connectivity index (χ1) is 16.2. The number of halogens is 1. The predicted molar refractivity (Wildman–Crippen MR) is 130 cm³/mol. The highest BCUT2D eigenvalue weighted by molar-refractivity contribution is 6.32. The lowest BCUT2D eigenvalue weighted by atomic mass is 9.97. The lowest BCUT2D eigenvalue weighted by Crippen LogP contribution is -2.31. The third kappa shape index (κ3) is 4.38. The van der Waals surface area contributed by atoms with Gasteiger partial charge in [0.2, 0.25) is 5.76 Å². The maximum absolute atomic E-state index is 13.7. The van der Waals surface area contributed by atoms with Crippen molar-refractivity contribution in [1.29, 1.82) is 0 Å². The van der Waals surface area contributed by atoms with Crippen LogP contribution in [-0.2, 0) is 4.74 Å². The van der Waals surface area contributed by atoms with Gasteiger partial charge in [-0.3, -0.25) is 9.59 Å². The van der Waals surface area contributed by atoms with Gasteiger partial charge in [-0.1, -0.05) is 17.7 Å². The van der Waals surface area contributed by atoms with Crippen molar-refractivity contribution >= 4 is 28.5 Å². The van der Waals surface area contributed by atoms with Gasteiger partial charge in [-0.05, 0) is 69.5 Å². The number of ether oxygens (including phenoxy) is 2. The number of rotatable bonds is 8. The van der Waals surface area contributed by atoms with Crippen LogP contribution in [0.25, 0.3) is 11.0 Å². The number of benzene rings is 2.